The third-order valence-corrected chi connectivity index (χ3v) is 9.65. The lowest BCUT2D eigenvalue weighted by Crippen LogP contribution is -2.03. The van der Waals surface area contributed by atoms with Gasteiger partial charge in [-0.15, -0.1) is 0 Å². The van der Waals surface area contributed by atoms with E-state index in [0.29, 0.717) is 0 Å². The zero-order valence-corrected chi connectivity index (χ0v) is 28.4. The molecule has 9 rings (SSSR count). The van der Waals surface area contributed by atoms with Crippen molar-refractivity contribution in [2.75, 3.05) is 0 Å². The molecule has 5 aliphatic rings. The Labute approximate surface area is 298 Å². The number of halogens is 1. The molecule has 0 radical (unpaired) electrons. The molecule has 0 unspecified atom stereocenters. The Morgan fingerprint density at radius 2 is 0.551 bits per heavy atom. The number of benzene rings is 4. The summed E-state index contributed by atoms with van der Waals surface area (Å²) in [5.41, 5.74) is 15.0. The number of aliphatic imine (C=N–C) groups is 4. The first-order chi connectivity index (χ1) is 24.2. The third kappa shape index (κ3) is 5.42. The molecule has 8 bridgehead atoms. The molecule has 4 aromatic carbocycles. The van der Waals surface area contributed by atoms with Crippen LogP contribution in [0.15, 0.2) is 207 Å². The summed E-state index contributed by atoms with van der Waals surface area (Å²) in [5.74, 6) is 0. The lowest BCUT2D eigenvalue weighted by atomic mass is 9.98. The molecule has 0 fully saturated rings. The molecule has 5 aliphatic heterocycles. The largest absolute Gasteiger partial charge is 0.248 e. The Hall–Kier alpha value is -5.79. The number of allylic oxidation sites excluding steroid dienone is 12. The van der Waals surface area contributed by atoms with E-state index < -0.39 is 0 Å². The van der Waals surface area contributed by atoms with E-state index in [4.69, 9.17) is 20.0 Å². The van der Waals surface area contributed by atoms with Gasteiger partial charge in [-0.2, -0.15) is 0 Å². The second-order valence-corrected chi connectivity index (χ2v) is 13.2. The van der Waals surface area contributed by atoms with Crippen molar-refractivity contribution in [2.24, 2.45) is 20.0 Å². The van der Waals surface area contributed by atoms with Crippen molar-refractivity contribution < 1.29 is 0 Å². The van der Waals surface area contributed by atoms with Crippen LogP contribution < -0.4 is 0 Å². The highest BCUT2D eigenvalue weighted by molar-refractivity contribution is 14.1. The molecule has 0 saturated heterocycles. The van der Waals surface area contributed by atoms with Gasteiger partial charge in [0.2, 0.25) is 0 Å². The van der Waals surface area contributed by atoms with E-state index in [1.54, 1.807) is 0 Å². The van der Waals surface area contributed by atoms with Crippen LogP contribution in [0.2, 0.25) is 0 Å². The van der Waals surface area contributed by atoms with E-state index in [0.717, 1.165) is 90.2 Å². The molecule has 49 heavy (non-hydrogen) atoms. The molecule has 0 saturated carbocycles. The molecule has 0 aliphatic carbocycles. The van der Waals surface area contributed by atoms with Crippen LogP contribution in [0.3, 0.4) is 0 Å². The van der Waals surface area contributed by atoms with Gasteiger partial charge >= 0.3 is 0 Å². The summed E-state index contributed by atoms with van der Waals surface area (Å²) in [6, 6.07) is 39.8. The summed E-state index contributed by atoms with van der Waals surface area (Å²) < 4.78 is 1.17. The predicted octanol–water partition coefficient (Wildman–Crippen LogP) is 10.3. The molecule has 0 spiro atoms. The quantitative estimate of drug-likeness (QED) is 0.187. The van der Waals surface area contributed by atoms with E-state index in [2.05, 4.69) is 168 Å². The first-order valence-corrected chi connectivity index (χ1v) is 17.3. The highest BCUT2D eigenvalue weighted by Gasteiger charge is 2.27. The van der Waals surface area contributed by atoms with Crippen molar-refractivity contribution in [3.63, 3.8) is 0 Å². The van der Waals surface area contributed by atoms with Gasteiger partial charge in [-0.3, -0.25) is 0 Å². The molecule has 0 N–H and O–H groups in total. The van der Waals surface area contributed by atoms with Gasteiger partial charge in [0, 0.05) is 25.9 Å². The highest BCUT2D eigenvalue weighted by atomic mass is 127. The van der Waals surface area contributed by atoms with Gasteiger partial charge in [-0.25, -0.2) is 20.0 Å². The Morgan fingerprint density at radius 1 is 0.286 bits per heavy atom. The summed E-state index contributed by atoms with van der Waals surface area (Å²) in [5, 5.41) is 0. The normalized spacial score (nSPS) is 17.7. The number of nitrogens with zero attached hydrogens (tertiary/aromatic N) is 4. The van der Waals surface area contributed by atoms with E-state index >= 15 is 0 Å². The summed E-state index contributed by atoms with van der Waals surface area (Å²) in [7, 11) is 0. The van der Waals surface area contributed by atoms with Crippen molar-refractivity contribution in [2.45, 2.75) is 0 Å². The van der Waals surface area contributed by atoms with E-state index in [1.165, 1.54) is 3.57 Å². The fourth-order valence-corrected chi connectivity index (χ4v) is 7.06. The van der Waals surface area contributed by atoms with Gasteiger partial charge in [0.1, 0.15) is 0 Å². The maximum atomic E-state index is 5.33. The average molecular weight is 739 g/mol. The Kier molecular flexibility index (Phi) is 7.39. The third-order valence-electron chi connectivity index (χ3n) is 8.93. The zero-order chi connectivity index (χ0) is 32.7. The van der Waals surface area contributed by atoms with Crippen molar-refractivity contribution in [1.29, 1.82) is 0 Å². The molecule has 0 atom stereocenters. The molecule has 0 amide bonds. The molecule has 4 aromatic rings. The van der Waals surface area contributed by atoms with Crippen molar-refractivity contribution in [1.82, 2.24) is 0 Å². The first-order valence-electron chi connectivity index (χ1n) is 16.2. The van der Waals surface area contributed by atoms with Gasteiger partial charge < -0.3 is 0 Å². The SMILES string of the molecule is Ic1ccc(C2=C3C=CC(=N3)C(c3ccccc3)=C3C=CC(=N3)C(c3ccccc3)=C3C=CC(=N3)C(c3ccccc3)=C3C=CC2=N3)cc1. The van der Waals surface area contributed by atoms with Gasteiger partial charge in [0.15, 0.2) is 0 Å². The smallest absolute Gasteiger partial charge is 0.0738 e. The van der Waals surface area contributed by atoms with Gasteiger partial charge in [-0.1, -0.05) is 103 Å². The minimum atomic E-state index is 0.860. The van der Waals surface area contributed by atoms with Crippen LogP contribution in [0.5, 0.6) is 0 Å². The first kappa shape index (κ1) is 29.4. The Balaban J connectivity index is 1.37. The van der Waals surface area contributed by atoms with Crippen LogP contribution in [-0.2, 0) is 0 Å². The fourth-order valence-electron chi connectivity index (χ4n) is 6.70. The van der Waals surface area contributed by atoms with Crippen LogP contribution in [-0.4, -0.2) is 22.8 Å². The highest BCUT2D eigenvalue weighted by Crippen LogP contribution is 2.38. The number of hydrogen-bond acceptors (Lipinski definition) is 4. The Morgan fingerprint density at radius 3 is 0.837 bits per heavy atom. The number of fused-ring (bicyclic) bond motifs is 4. The number of rotatable bonds is 4. The van der Waals surface area contributed by atoms with Crippen molar-refractivity contribution in [3.05, 3.63) is 212 Å². The lowest BCUT2D eigenvalue weighted by molar-refractivity contribution is 1.41. The van der Waals surface area contributed by atoms with Crippen LogP contribution >= 0.6 is 22.6 Å². The maximum Gasteiger partial charge on any atom is 0.0738 e. The van der Waals surface area contributed by atoms with Gasteiger partial charge in [0.05, 0.1) is 45.6 Å². The van der Waals surface area contributed by atoms with E-state index in [9.17, 15) is 0 Å². The van der Waals surface area contributed by atoms with Crippen molar-refractivity contribution in [3.8, 4) is 0 Å². The van der Waals surface area contributed by atoms with Crippen LogP contribution in [0.25, 0.3) is 22.3 Å². The van der Waals surface area contributed by atoms with Gasteiger partial charge in [0.25, 0.3) is 0 Å². The molecule has 5 heteroatoms. The average Bonchev–Trinajstić information content (AvgIpc) is 3.98. The summed E-state index contributed by atoms with van der Waals surface area (Å²) in [6.07, 6.45) is 16.8. The molecular formula is C44H27IN4. The second-order valence-electron chi connectivity index (χ2n) is 12.0. The molecule has 5 heterocycles. The minimum Gasteiger partial charge on any atom is -0.248 e. The monoisotopic (exact) mass is 738 g/mol. The Bertz CT molecular complexity index is 2390. The van der Waals surface area contributed by atoms with E-state index in [-0.39, 0.29) is 0 Å². The summed E-state index contributed by atoms with van der Waals surface area (Å²) in [4.78, 5) is 21.3. The van der Waals surface area contributed by atoms with Crippen molar-refractivity contribution >= 4 is 67.7 Å². The predicted molar refractivity (Wildman–Crippen MR) is 212 cm³/mol. The van der Waals surface area contributed by atoms with Gasteiger partial charge in [-0.05, 0) is 106 Å². The van der Waals surface area contributed by atoms with Crippen LogP contribution in [0.4, 0.5) is 0 Å². The molecule has 230 valence electrons. The lowest BCUT2D eigenvalue weighted by Gasteiger charge is -2.12. The molecule has 4 nitrogen and oxygen atoms in total. The summed E-state index contributed by atoms with van der Waals surface area (Å²) >= 11 is 2.35. The van der Waals surface area contributed by atoms with Crippen LogP contribution in [0.1, 0.15) is 22.3 Å². The number of hydrogen-bond donors (Lipinski definition) is 0. The minimum absolute atomic E-state index is 0.860. The topological polar surface area (TPSA) is 49.4 Å². The van der Waals surface area contributed by atoms with Crippen LogP contribution in [0, 0.1) is 3.57 Å². The fraction of sp³-hybridized carbons (Fsp3) is 0. The zero-order valence-electron chi connectivity index (χ0n) is 26.3. The second kappa shape index (κ2) is 12.3. The van der Waals surface area contributed by atoms with E-state index in [1.807, 2.05) is 18.2 Å². The molecule has 0 aromatic heterocycles. The maximum absolute atomic E-state index is 5.33. The molecular weight excluding hydrogens is 711 g/mol. The standard InChI is InChI=1S/C44H27IN4/c45-32-18-16-31(17-19-32)44-39-26-24-37(48-39)42(29-12-6-2-7-13-29)35-22-20-33(46-35)41(28-10-4-1-5-11-28)34-21-23-36(47-34)43(30-14-8-3-9-15-30)38-25-27-40(44)49-38/h1-27H. The summed E-state index contributed by atoms with van der Waals surface area (Å²) in [6.45, 7) is 0.